The molecule has 1 nitrogen and oxygen atoms in total. The van der Waals surface area contributed by atoms with Gasteiger partial charge in [0, 0.05) is 15.7 Å². The summed E-state index contributed by atoms with van der Waals surface area (Å²) in [6.07, 6.45) is 0.909. The molecule has 1 aromatic rings. The first-order valence-corrected chi connectivity index (χ1v) is 6.04. The van der Waals surface area contributed by atoms with Gasteiger partial charge in [-0.15, -0.1) is 23.4 Å². The van der Waals surface area contributed by atoms with Gasteiger partial charge in [-0.05, 0) is 23.8 Å². The van der Waals surface area contributed by atoms with Crippen LogP contribution in [-0.4, -0.2) is 17.4 Å². The average Bonchev–Trinajstić information content (AvgIpc) is 2.17. The van der Waals surface area contributed by atoms with Crippen LogP contribution in [0.5, 0.6) is 0 Å². The Bertz CT molecular complexity index is 367. The number of hydrogen-bond acceptors (Lipinski definition) is 2. The Balaban J connectivity index is 2.48. The largest absolute Gasteiger partial charge is 0.303 e. The van der Waals surface area contributed by atoms with Crippen LogP contribution in [-0.2, 0) is 4.79 Å². The standard InChI is InChI=1S/C10H8Cl2OS/c11-6-1-2-10-7(3-6)8(4-13)9(12)5-14-10/h1-4,8-9H,5H2. The molecule has 0 radical (unpaired) electrons. The Morgan fingerprint density at radius 3 is 3.00 bits per heavy atom. The summed E-state index contributed by atoms with van der Waals surface area (Å²) < 4.78 is 0. The third-order valence-electron chi connectivity index (χ3n) is 2.27. The maximum atomic E-state index is 10.9. The van der Waals surface area contributed by atoms with Crippen molar-refractivity contribution in [2.24, 2.45) is 0 Å². The molecule has 0 N–H and O–H groups in total. The van der Waals surface area contributed by atoms with Crippen molar-refractivity contribution in [3.8, 4) is 0 Å². The quantitative estimate of drug-likeness (QED) is 0.559. The molecule has 2 unspecified atom stereocenters. The van der Waals surface area contributed by atoms with Gasteiger partial charge in [-0.25, -0.2) is 0 Å². The van der Waals surface area contributed by atoms with E-state index in [1.807, 2.05) is 18.2 Å². The van der Waals surface area contributed by atoms with Gasteiger partial charge in [-0.1, -0.05) is 11.6 Å². The van der Waals surface area contributed by atoms with Gasteiger partial charge in [0.25, 0.3) is 0 Å². The lowest BCUT2D eigenvalue weighted by Crippen LogP contribution is -2.21. The van der Waals surface area contributed by atoms with Crippen LogP contribution < -0.4 is 0 Å². The number of aldehydes is 1. The number of benzene rings is 1. The van der Waals surface area contributed by atoms with Crippen molar-refractivity contribution in [1.82, 2.24) is 0 Å². The highest BCUT2D eigenvalue weighted by Crippen LogP contribution is 2.40. The van der Waals surface area contributed by atoms with E-state index in [9.17, 15) is 4.79 Å². The molecule has 1 heterocycles. The van der Waals surface area contributed by atoms with E-state index in [2.05, 4.69) is 0 Å². The first kappa shape index (κ1) is 10.3. The van der Waals surface area contributed by atoms with Crippen molar-refractivity contribution in [3.05, 3.63) is 28.8 Å². The summed E-state index contributed by atoms with van der Waals surface area (Å²) >= 11 is 13.6. The van der Waals surface area contributed by atoms with Gasteiger partial charge in [0.05, 0.1) is 11.3 Å². The molecule has 1 aromatic carbocycles. The Morgan fingerprint density at radius 2 is 2.29 bits per heavy atom. The molecular weight excluding hydrogens is 239 g/mol. The minimum Gasteiger partial charge on any atom is -0.303 e. The first-order valence-electron chi connectivity index (χ1n) is 4.24. The molecule has 74 valence electrons. The Labute approximate surface area is 96.8 Å². The summed E-state index contributed by atoms with van der Waals surface area (Å²) in [5, 5.41) is 0.533. The molecular formula is C10H8Cl2OS. The van der Waals surface area contributed by atoms with E-state index in [0.717, 1.165) is 22.5 Å². The lowest BCUT2D eigenvalue weighted by molar-refractivity contribution is -0.109. The number of rotatable bonds is 1. The number of thioether (sulfide) groups is 1. The topological polar surface area (TPSA) is 17.1 Å². The van der Waals surface area contributed by atoms with Crippen LogP contribution in [0.1, 0.15) is 11.5 Å². The molecule has 1 aliphatic heterocycles. The van der Waals surface area contributed by atoms with Crippen LogP contribution in [0.4, 0.5) is 0 Å². The fourth-order valence-electron chi connectivity index (χ4n) is 1.54. The second-order valence-corrected chi connectivity index (χ2v) is 5.23. The minimum atomic E-state index is -0.216. The van der Waals surface area contributed by atoms with E-state index in [1.54, 1.807) is 11.8 Å². The molecule has 0 spiro atoms. The Morgan fingerprint density at radius 1 is 1.50 bits per heavy atom. The molecule has 4 heteroatoms. The van der Waals surface area contributed by atoms with Gasteiger partial charge in [-0.3, -0.25) is 0 Å². The fourth-order valence-corrected chi connectivity index (χ4v) is 3.17. The second kappa shape index (κ2) is 4.13. The van der Waals surface area contributed by atoms with Crippen molar-refractivity contribution >= 4 is 41.2 Å². The van der Waals surface area contributed by atoms with Crippen LogP contribution in [0.25, 0.3) is 0 Å². The molecule has 14 heavy (non-hydrogen) atoms. The van der Waals surface area contributed by atoms with Gasteiger partial charge in [0.2, 0.25) is 0 Å². The van der Waals surface area contributed by atoms with Crippen LogP contribution in [0, 0.1) is 0 Å². The summed E-state index contributed by atoms with van der Waals surface area (Å²) in [4.78, 5) is 12.0. The van der Waals surface area contributed by atoms with Gasteiger partial charge >= 0.3 is 0 Å². The highest BCUT2D eigenvalue weighted by molar-refractivity contribution is 7.99. The van der Waals surface area contributed by atoms with Crippen molar-refractivity contribution in [1.29, 1.82) is 0 Å². The molecule has 0 aliphatic carbocycles. The molecule has 0 aromatic heterocycles. The van der Waals surface area contributed by atoms with E-state index in [1.165, 1.54) is 0 Å². The number of halogens is 2. The van der Waals surface area contributed by atoms with Crippen LogP contribution in [0.3, 0.4) is 0 Å². The van der Waals surface area contributed by atoms with Crippen LogP contribution >= 0.6 is 35.0 Å². The number of carbonyl (C=O) groups is 1. The van der Waals surface area contributed by atoms with Gasteiger partial charge in [-0.2, -0.15) is 0 Å². The van der Waals surface area contributed by atoms with E-state index < -0.39 is 0 Å². The van der Waals surface area contributed by atoms with Gasteiger partial charge in [0.1, 0.15) is 6.29 Å². The highest BCUT2D eigenvalue weighted by Gasteiger charge is 2.28. The predicted molar refractivity (Wildman–Crippen MR) is 60.6 cm³/mol. The zero-order valence-corrected chi connectivity index (χ0v) is 9.57. The van der Waals surface area contributed by atoms with Crippen molar-refractivity contribution in [2.75, 3.05) is 5.75 Å². The minimum absolute atomic E-state index is 0.122. The molecule has 2 rings (SSSR count). The summed E-state index contributed by atoms with van der Waals surface area (Å²) in [5.74, 6) is 0.561. The smallest absolute Gasteiger partial charge is 0.129 e. The predicted octanol–water partition coefficient (Wildman–Crippen LogP) is 3.34. The van der Waals surface area contributed by atoms with Gasteiger partial charge < -0.3 is 4.79 Å². The van der Waals surface area contributed by atoms with E-state index in [-0.39, 0.29) is 11.3 Å². The van der Waals surface area contributed by atoms with Gasteiger partial charge in [0.15, 0.2) is 0 Å². The summed E-state index contributed by atoms with van der Waals surface area (Å²) in [6.45, 7) is 0. The van der Waals surface area contributed by atoms with Crippen molar-refractivity contribution < 1.29 is 4.79 Å². The molecule has 2 atom stereocenters. The maximum absolute atomic E-state index is 10.9. The number of fused-ring (bicyclic) bond motifs is 1. The molecule has 0 saturated heterocycles. The average molecular weight is 247 g/mol. The van der Waals surface area contributed by atoms with Crippen LogP contribution in [0.2, 0.25) is 5.02 Å². The zero-order chi connectivity index (χ0) is 10.1. The van der Waals surface area contributed by atoms with E-state index >= 15 is 0 Å². The second-order valence-electron chi connectivity index (χ2n) is 3.17. The molecule has 0 saturated carbocycles. The normalized spacial score (nSPS) is 25.6. The lowest BCUT2D eigenvalue weighted by Gasteiger charge is -2.25. The van der Waals surface area contributed by atoms with Crippen LogP contribution in [0.15, 0.2) is 23.1 Å². The molecule has 0 amide bonds. The molecule has 0 fully saturated rings. The monoisotopic (exact) mass is 246 g/mol. The Hall–Kier alpha value is -0.180. The zero-order valence-electron chi connectivity index (χ0n) is 7.24. The maximum Gasteiger partial charge on any atom is 0.129 e. The summed E-state index contributed by atoms with van der Waals surface area (Å²) in [7, 11) is 0. The van der Waals surface area contributed by atoms with E-state index in [4.69, 9.17) is 23.2 Å². The van der Waals surface area contributed by atoms with Crippen molar-refractivity contribution in [3.63, 3.8) is 0 Å². The Kier molecular flexibility index (Phi) is 3.05. The summed E-state index contributed by atoms with van der Waals surface area (Å²) in [5.41, 5.74) is 0.962. The third kappa shape index (κ3) is 1.79. The molecule has 0 bridgehead atoms. The fraction of sp³-hybridized carbons (Fsp3) is 0.300. The number of alkyl halides is 1. The molecule has 1 aliphatic rings. The number of hydrogen-bond donors (Lipinski definition) is 0. The SMILES string of the molecule is O=CC1c2cc(Cl)ccc2SCC1Cl. The van der Waals surface area contributed by atoms with Crippen molar-refractivity contribution in [2.45, 2.75) is 16.2 Å². The van der Waals surface area contributed by atoms with E-state index in [0.29, 0.717) is 5.02 Å². The summed E-state index contributed by atoms with van der Waals surface area (Å²) in [6, 6.07) is 5.61. The lowest BCUT2D eigenvalue weighted by atomic mass is 9.97. The third-order valence-corrected chi connectivity index (χ3v) is 4.32. The highest BCUT2D eigenvalue weighted by atomic mass is 35.5. The number of carbonyl (C=O) groups excluding carboxylic acids is 1. The first-order chi connectivity index (χ1) is 6.72.